The molecule has 144 valence electrons. The highest BCUT2D eigenvalue weighted by atomic mass is 16.6. The van der Waals surface area contributed by atoms with E-state index in [0.717, 1.165) is 38.8 Å². The molecule has 0 aromatic heterocycles. The van der Waals surface area contributed by atoms with E-state index in [4.69, 9.17) is 4.74 Å². The van der Waals surface area contributed by atoms with Crippen LogP contribution in [0.15, 0.2) is 24.3 Å². The third kappa shape index (κ3) is 2.91. The molecule has 0 radical (unpaired) electrons. The van der Waals surface area contributed by atoms with Crippen LogP contribution >= 0.6 is 0 Å². The van der Waals surface area contributed by atoms with E-state index in [1.165, 1.54) is 24.0 Å². The van der Waals surface area contributed by atoms with Gasteiger partial charge < -0.3 is 15.0 Å². The minimum atomic E-state index is -0.339. The summed E-state index contributed by atoms with van der Waals surface area (Å²) in [4.78, 5) is 26.1. The van der Waals surface area contributed by atoms with Crippen LogP contribution in [-0.4, -0.2) is 42.1 Å². The molecule has 2 saturated carbocycles. The van der Waals surface area contributed by atoms with Crippen molar-refractivity contribution in [3.63, 3.8) is 0 Å². The molecule has 5 rings (SSSR count). The van der Waals surface area contributed by atoms with Gasteiger partial charge in [-0.15, -0.1) is 0 Å². The van der Waals surface area contributed by atoms with Crippen LogP contribution in [-0.2, 0) is 9.53 Å². The molecule has 0 atom stereocenters. The van der Waals surface area contributed by atoms with Gasteiger partial charge in [-0.05, 0) is 62.3 Å². The fraction of sp³-hybridized carbons (Fsp3) is 0.636. The number of hydrogen-bond donors (Lipinski definition) is 1. The second-order valence-corrected chi connectivity index (χ2v) is 9.43. The summed E-state index contributed by atoms with van der Waals surface area (Å²) in [6.45, 7) is 4.34. The van der Waals surface area contributed by atoms with Crippen LogP contribution < -0.4 is 5.32 Å². The van der Waals surface area contributed by atoms with Gasteiger partial charge in [0.1, 0.15) is 6.61 Å². The lowest BCUT2D eigenvalue weighted by Crippen LogP contribution is -2.59. The lowest BCUT2D eigenvalue weighted by molar-refractivity contribution is -0.144. The van der Waals surface area contributed by atoms with Gasteiger partial charge in [-0.3, -0.25) is 4.79 Å². The maximum Gasteiger partial charge on any atom is 0.407 e. The van der Waals surface area contributed by atoms with E-state index >= 15 is 0 Å². The number of piperidine rings is 1. The van der Waals surface area contributed by atoms with Crippen molar-refractivity contribution in [1.82, 2.24) is 10.2 Å². The van der Waals surface area contributed by atoms with Crippen molar-refractivity contribution in [2.75, 3.05) is 19.7 Å². The Balaban J connectivity index is 1.11. The van der Waals surface area contributed by atoms with Crippen LogP contribution in [0.4, 0.5) is 4.79 Å². The third-order valence-electron chi connectivity index (χ3n) is 7.51. The first kappa shape index (κ1) is 17.1. The molecule has 2 aliphatic heterocycles. The number of alkyl carbamates (subject to hydrolysis) is 1. The van der Waals surface area contributed by atoms with Crippen molar-refractivity contribution in [1.29, 1.82) is 0 Å². The van der Waals surface area contributed by atoms with Gasteiger partial charge >= 0.3 is 6.09 Å². The van der Waals surface area contributed by atoms with Crippen LogP contribution in [0.3, 0.4) is 0 Å². The topological polar surface area (TPSA) is 58.6 Å². The first-order valence-electron chi connectivity index (χ1n) is 10.3. The molecule has 1 N–H and O–H groups in total. The Labute approximate surface area is 160 Å². The van der Waals surface area contributed by atoms with Crippen molar-refractivity contribution in [2.45, 2.75) is 56.9 Å². The first-order chi connectivity index (χ1) is 13.0. The lowest BCUT2D eigenvalue weighted by Gasteiger charge is -2.53. The quantitative estimate of drug-likeness (QED) is 0.871. The Bertz CT molecular complexity index is 750. The van der Waals surface area contributed by atoms with Crippen LogP contribution in [0.1, 0.15) is 55.6 Å². The molecule has 2 aliphatic carbocycles. The molecule has 4 fully saturated rings. The fourth-order valence-corrected chi connectivity index (χ4v) is 5.70. The standard InChI is InChI=1S/C22H28N2O3/c1-15-2-4-16(5-3-15)17-10-21(11-17)6-8-24(9-7-21)19(25)18-12-22(13-18)14-27-20(26)23-22/h2-5,17-18H,6-14H2,1H3,(H,23,26). The SMILES string of the molecule is Cc1ccc(C2CC3(CCN(C(=O)C4CC5(COC(=O)N5)C4)CC3)C2)cc1. The molecule has 4 aliphatic rings. The predicted octanol–water partition coefficient (Wildman–Crippen LogP) is 3.37. The number of benzene rings is 1. The van der Waals surface area contributed by atoms with Crippen LogP contribution in [0.2, 0.25) is 0 Å². The van der Waals surface area contributed by atoms with E-state index in [1.807, 2.05) is 0 Å². The highest BCUT2D eigenvalue weighted by molar-refractivity contribution is 5.81. The Morgan fingerprint density at radius 2 is 1.78 bits per heavy atom. The first-order valence-corrected chi connectivity index (χ1v) is 10.3. The monoisotopic (exact) mass is 368 g/mol. The van der Waals surface area contributed by atoms with Crippen molar-refractivity contribution in [3.8, 4) is 0 Å². The summed E-state index contributed by atoms with van der Waals surface area (Å²) in [5, 5.41) is 2.88. The van der Waals surface area contributed by atoms with Gasteiger partial charge in [-0.1, -0.05) is 29.8 Å². The van der Waals surface area contributed by atoms with Crippen molar-refractivity contribution in [2.24, 2.45) is 11.3 Å². The number of aryl methyl sites for hydroxylation is 1. The molecular weight excluding hydrogens is 340 g/mol. The minimum absolute atomic E-state index is 0.0581. The summed E-state index contributed by atoms with van der Waals surface area (Å²) >= 11 is 0. The van der Waals surface area contributed by atoms with Gasteiger partial charge in [0.15, 0.2) is 0 Å². The smallest absolute Gasteiger partial charge is 0.407 e. The lowest BCUT2D eigenvalue weighted by atomic mass is 9.56. The van der Waals surface area contributed by atoms with Crippen molar-refractivity contribution in [3.05, 3.63) is 35.4 Å². The third-order valence-corrected chi connectivity index (χ3v) is 7.51. The van der Waals surface area contributed by atoms with Gasteiger partial charge in [-0.2, -0.15) is 0 Å². The maximum atomic E-state index is 12.8. The summed E-state index contributed by atoms with van der Waals surface area (Å²) in [7, 11) is 0. The zero-order valence-corrected chi connectivity index (χ0v) is 16.0. The molecule has 2 heterocycles. The summed E-state index contributed by atoms with van der Waals surface area (Å²) in [5.74, 6) is 1.04. The molecule has 1 aromatic carbocycles. The van der Waals surface area contributed by atoms with Crippen LogP contribution in [0, 0.1) is 18.3 Å². The highest BCUT2D eigenvalue weighted by Crippen LogP contribution is 2.57. The summed E-state index contributed by atoms with van der Waals surface area (Å²) in [5.41, 5.74) is 3.00. The van der Waals surface area contributed by atoms with Gasteiger partial charge in [0.2, 0.25) is 5.91 Å². The number of nitrogens with one attached hydrogen (secondary N) is 1. The summed E-state index contributed by atoms with van der Waals surface area (Å²) < 4.78 is 5.01. The number of likely N-dealkylation sites (tertiary alicyclic amines) is 1. The van der Waals surface area contributed by atoms with E-state index in [1.54, 1.807) is 0 Å². The predicted molar refractivity (Wildman–Crippen MR) is 101 cm³/mol. The van der Waals surface area contributed by atoms with Crippen LogP contribution in [0.25, 0.3) is 0 Å². The number of ether oxygens (including phenoxy) is 1. The van der Waals surface area contributed by atoms with Crippen LogP contribution in [0.5, 0.6) is 0 Å². The van der Waals surface area contributed by atoms with Gasteiger partial charge in [0.05, 0.1) is 5.54 Å². The summed E-state index contributed by atoms with van der Waals surface area (Å²) in [6, 6.07) is 8.99. The second-order valence-electron chi connectivity index (χ2n) is 9.43. The number of cyclic esters (lactones) is 1. The number of nitrogens with zero attached hydrogens (tertiary/aromatic N) is 1. The molecule has 0 unspecified atom stereocenters. The van der Waals surface area contributed by atoms with E-state index in [9.17, 15) is 9.59 Å². The molecule has 0 bridgehead atoms. The molecule has 5 heteroatoms. The molecule has 5 nitrogen and oxygen atoms in total. The molecular formula is C22H28N2O3. The molecule has 2 saturated heterocycles. The maximum absolute atomic E-state index is 12.8. The number of rotatable bonds is 2. The fourth-order valence-electron chi connectivity index (χ4n) is 5.70. The van der Waals surface area contributed by atoms with Gasteiger partial charge in [0.25, 0.3) is 0 Å². The largest absolute Gasteiger partial charge is 0.447 e. The normalized spacial score (nSPS) is 28.4. The molecule has 27 heavy (non-hydrogen) atoms. The number of hydrogen-bond acceptors (Lipinski definition) is 3. The van der Waals surface area contributed by atoms with E-state index in [0.29, 0.717) is 17.9 Å². The number of amides is 2. The van der Waals surface area contributed by atoms with E-state index in [-0.39, 0.29) is 23.5 Å². The van der Waals surface area contributed by atoms with E-state index < -0.39 is 0 Å². The minimum Gasteiger partial charge on any atom is -0.447 e. The van der Waals surface area contributed by atoms with Crippen molar-refractivity contribution >= 4 is 12.0 Å². The van der Waals surface area contributed by atoms with Crippen molar-refractivity contribution < 1.29 is 14.3 Å². The Morgan fingerprint density at radius 3 is 2.37 bits per heavy atom. The number of carbonyl (C=O) groups excluding carboxylic acids is 2. The highest BCUT2D eigenvalue weighted by Gasteiger charge is 2.54. The average Bonchev–Trinajstić information content (AvgIpc) is 3.01. The molecule has 2 amide bonds. The van der Waals surface area contributed by atoms with Gasteiger partial charge in [-0.25, -0.2) is 4.79 Å². The zero-order valence-electron chi connectivity index (χ0n) is 16.0. The Morgan fingerprint density at radius 1 is 1.11 bits per heavy atom. The Kier molecular flexibility index (Phi) is 3.78. The molecule has 2 spiro atoms. The second kappa shape index (κ2) is 5.98. The Hall–Kier alpha value is -2.04. The average molecular weight is 368 g/mol. The summed E-state index contributed by atoms with van der Waals surface area (Å²) in [6.07, 6.45) is 5.94. The zero-order chi connectivity index (χ0) is 18.6. The molecule has 1 aromatic rings. The number of carbonyl (C=O) groups is 2. The van der Waals surface area contributed by atoms with E-state index in [2.05, 4.69) is 41.4 Å². The van der Waals surface area contributed by atoms with Gasteiger partial charge in [0, 0.05) is 19.0 Å².